The quantitative estimate of drug-likeness (QED) is 0.728. The molecular weight excluding hydrogens is 376 g/mol. The maximum Gasteiger partial charge on any atom is 0.416 e. The van der Waals surface area contributed by atoms with E-state index in [2.05, 4.69) is 10.6 Å². The molecule has 150 valence electrons. The third-order valence-electron chi connectivity index (χ3n) is 4.08. The Bertz CT molecular complexity index is 850. The zero-order chi connectivity index (χ0) is 20.9. The Morgan fingerprint density at radius 2 is 1.71 bits per heavy atom. The normalized spacial score (nSPS) is 12.5. The summed E-state index contributed by atoms with van der Waals surface area (Å²) in [7, 11) is 0. The summed E-state index contributed by atoms with van der Waals surface area (Å²) >= 11 is 0. The molecule has 0 aromatic heterocycles. The Morgan fingerprint density at radius 1 is 1.04 bits per heavy atom. The molecule has 0 aliphatic rings. The molecular formula is C20H20F4N2O2. The smallest absolute Gasteiger partial charge is 0.350 e. The van der Waals surface area contributed by atoms with Crippen LogP contribution in [0.2, 0.25) is 0 Å². The number of rotatable bonds is 6. The lowest BCUT2D eigenvalue weighted by atomic mass is 10.0. The molecule has 8 heteroatoms. The first-order chi connectivity index (χ1) is 13.1. The fraction of sp³-hybridized carbons (Fsp3) is 0.300. The van der Waals surface area contributed by atoms with Gasteiger partial charge in [0.1, 0.15) is 11.9 Å². The number of nitrogens with one attached hydrogen (secondary N) is 2. The molecule has 0 heterocycles. The number of alkyl halides is 3. The number of carbonyl (C=O) groups excluding carboxylic acids is 2. The van der Waals surface area contributed by atoms with E-state index in [0.29, 0.717) is 0 Å². The van der Waals surface area contributed by atoms with E-state index < -0.39 is 35.4 Å². The van der Waals surface area contributed by atoms with E-state index in [9.17, 15) is 27.2 Å². The van der Waals surface area contributed by atoms with Gasteiger partial charge in [0.25, 0.3) is 5.91 Å². The first kappa shape index (κ1) is 21.4. The van der Waals surface area contributed by atoms with Crippen molar-refractivity contribution in [2.24, 2.45) is 5.92 Å². The molecule has 2 N–H and O–H groups in total. The number of hydrogen-bond acceptors (Lipinski definition) is 2. The highest BCUT2D eigenvalue weighted by molar-refractivity contribution is 5.97. The van der Waals surface area contributed by atoms with E-state index >= 15 is 0 Å². The third kappa shape index (κ3) is 5.55. The van der Waals surface area contributed by atoms with Gasteiger partial charge in [0.05, 0.1) is 11.1 Å². The summed E-state index contributed by atoms with van der Waals surface area (Å²) in [5.74, 6) is -2.35. The Hall–Kier alpha value is -2.90. The van der Waals surface area contributed by atoms with Crippen molar-refractivity contribution in [3.05, 3.63) is 71.0 Å². The zero-order valence-electron chi connectivity index (χ0n) is 15.3. The molecule has 0 radical (unpaired) electrons. The monoisotopic (exact) mass is 396 g/mol. The first-order valence-electron chi connectivity index (χ1n) is 8.59. The number of halogens is 4. The van der Waals surface area contributed by atoms with Gasteiger partial charge in [-0.15, -0.1) is 0 Å². The molecule has 4 nitrogen and oxygen atoms in total. The van der Waals surface area contributed by atoms with E-state index in [-0.39, 0.29) is 23.6 Å². The predicted octanol–water partition coefficient (Wildman–Crippen LogP) is 3.92. The van der Waals surface area contributed by atoms with Crippen molar-refractivity contribution >= 4 is 11.8 Å². The van der Waals surface area contributed by atoms with Crippen LogP contribution >= 0.6 is 0 Å². The second-order valence-corrected chi connectivity index (χ2v) is 6.59. The summed E-state index contributed by atoms with van der Waals surface area (Å²) < 4.78 is 52.1. The van der Waals surface area contributed by atoms with E-state index in [4.69, 9.17) is 0 Å². The van der Waals surface area contributed by atoms with Crippen molar-refractivity contribution in [3.63, 3.8) is 0 Å². The fourth-order valence-corrected chi connectivity index (χ4v) is 2.56. The van der Waals surface area contributed by atoms with Gasteiger partial charge in [0.2, 0.25) is 5.91 Å². The predicted molar refractivity (Wildman–Crippen MR) is 95.8 cm³/mol. The second kappa shape index (κ2) is 8.86. The van der Waals surface area contributed by atoms with Crippen LogP contribution in [0.25, 0.3) is 0 Å². The molecule has 0 bridgehead atoms. The van der Waals surface area contributed by atoms with Gasteiger partial charge >= 0.3 is 6.18 Å². The van der Waals surface area contributed by atoms with Crippen molar-refractivity contribution in [1.29, 1.82) is 0 Å². The molecule has 2 rings (SSSR count). The second-order valence-electron chi connectivity index (χ2n) is 6.59. The Labute approximate surface area is 159 Å². The highest BCUT2D eigenvalue weighted by atomic mass is 19.4. The molecule has 28 heavy (non-hydrogen) atoms. The molecule has 0 fully saturated rings. The minimum absolute atomic E-state index is 0.137. The maximum atomic E-state index is 13.7. The van der Waals surface area contributed by atoms with Gasteiger partial charge in [0.15, 0.2) is 0 Å². The van der Waals surface area contributed by atoms with Gasteiger partial charge < -0.3 is 10.6 Å². The van der Waals surface area contributed by atoms with Crippen LogP contribution in [-0.2, 0) is 17.5 Å². The van der Waals surface area contributed by atoms with Gasteiger partial charge in [-0.05, 0) is 35.7 Å². The molecule has 0 aliphatic carbocycles. The van der Waals surface area contributed by atoms with Gasteiger partial charge in [-0.2, -0.15) is 13.2 Å². The molecule has 0 spiro atoms. The summed E-state index contributed by atoms with van der Waals surface area (Å²) in [5, 5.41) is 4.99. The van der Waals surface area contributed by atoms with Crippen LogP contribution in [0.1, 0.15) is 35.3 Å². The summed E-state index contributed by atoms with van der Waals surface area (Å²) in [6.45, 7) is 3.24. The van der Waals surface area contributed by atoms with E-state index in [1.807, 2.05) is 0 Å². The molecule has 0 saturated heterocycles. The molecule has 2 amide bonds. The third-order valence-corrected chi connectivity index (χ3v) is 4.08. The van der Waals surface area contributed by atoms with Crippen LogP contribution in [0.3, 0.4) is 0 Å². The van der Waals surface area contributed by atoms with Crippen LogP contribution in [0.15, 0.2) is 48.5 Å². The lowest BCUT2D eigenvalue weighted by molar-refractivity contribution is -0.137. The van der Waals surface area contributed by atoms with E-state index in [0.717, 1.165) is 18.2 Å². The van der Waals surface area contributed by atoms with Crippen molar-refractivity contribution in [1.82, 2.24) is 10.6 Å². The molecule has 2 aromatic rings. The van der Waals surface area contributed by atoms with E-state index in [1.54, 1.807) is 13.8 Å². The van der Waals surface area contributed by atoms with Crippen LogP contribution in [0.5, 0.6) is 0 Å². The van der Waals surface area contributed by atoms with Crippen LogP contribution in [0, 0.1) is 11.7 Å². The number of amides is 2. The minimum Gasteiger partial charge on any atom is -0.350 e. The number of benzene rings is 2. The SMILES string of the molecule is CC(C)C(NC(=O)c1ccccc1F)C(=O)NCc1cccc(C(F)(F)F)c1. The van der Waals surface area contributed by atoms with Gasteiger partial charge in [-0.1, -0.05) is 38.1 Å². The highest BCUT2D eigenvalue weighted by Crippen LogP contribution is 2.29. The average molecular weight is 396 g/mol. The largest absolute Gasteiger partial charge is 0.416 e. The first-order valence-corrected chi connectivity index (χ1v) is 8.59. The van der Waals surface area contributed by atoms with Crippen molar-refractivity contribution < 1.29 is 27.2 Å². The van der Waals surface area contributed by atoms with Crippen LogP contribution in [-0.4, -0.2) is 17.9 Å². The average Bonchev–Trinajstić information content (AvgIpc) is 2.63. The number of carbonyl (C=O) groups is 2. The summed E-state index contributed by atoms with van der Waals surface area (Å²) in [5.41, 5.74) is -0.738. The van der Waals surface area contributed by atoms with Gasteiger partial charge in [-0.25, -0.2) is 4.39 Å². The molecule has 0 aliphatic heterocycles. The lowest BCUT2D eigenvalue weighted by Crippen LogP contribution is -2.49. The zero-order valence-corrected chi connectivity index (χ0v) is 15.3. The molecule has 2 aromatic carbocycles. The molecule has 0 saturated carbocycles. The standard InChI is InChI=1S/C20H20F4N2O2/c1-12(2)17(26-18(27)15-8-3-4-9-16(15)21)19(28)25-11-13-6-5-7-14(10-13)20(22,23)24/h3-10,12,17H,11H2,1-2H3,(H,25,28)(H,26,27). The summed E-state index contributed by atoms with van der Waals surface area (Å²) in [6.07, 6.45) is -4.48. The molecule has 1 unspecified atom stereocenters. The molecule has 1 atom stereocenters. The Morgan fingerprint density at radius 3 is 2.32 bits per heavy atom. The Balaban J connectivity index is 2.06. The maximum absolute atomic E-state index is 13.7. The Kier molecular flexibility index (Phi) is 6.77. The minimum atomic E-state index is -4.48. The lowest BCUT2D eigenvalue weighted by Gasteiger charge is -2.22. The fourth-order valence-electron chi connectivity index (χ4n) is 2.56. The van der Waals surface area contributed by atoms with Gasteiger partial charge in [-0.3, -0.25) is 9.59 Å². The van der Waals surface area contributed by atoms with E-state index in [1.165, 1.54) is 30.3 Å². The van der Waals surface area contributed by atoms with Crippen LogP contribution < -0.4 is 10.6 Å². The summed E-state index contributed by atoms with van der Waals surface area (Å²) in [6, 6.07) is 8.99. The van der Waals surface area contributed by atoms with Crippen molar-refractivity contribution in [2.75, 3.05) is 0 Å². The highest BCUT2D eigenvalue weighted by Gasteiger charge is 2.30. The van der Waals surface area contributed by atoms with Crippen molar-refractivity contribution in [3.8, 4) is 0 Å². The summed E-state index contributed by atoms with van der Waals surface area (Å²) in [4.78, 5) is 24.7. The van der Waals surface area contributed by atoms with Crippen LogP contribution in [0.4, 0.5) is 17.6 Å². The van der Waals surface area contributed by atoms with Crippen molar-refractivity contribution in [2.45, 2.75) is 32.6 Å². The topological polar surface area (TPSA) is 58.2 Å². The van der Waals surface area contributed by atoms with Gasteiger partial charge in [0, 0.05) is 6.54 Å². The number of hydrogen-bond donors (Lipinski definition) is 2.